The summed E-state index contributed by atoms with van der Waals surface area (Å²) in [6.07, 6.45) is 1.63. The molecule has 1 aromatic carbocycles. The van der Waals surface area contributed by atoms with Crippen molar-refractivity contribution in [2.45, 2.75) is 0 Å². The molecule has 5 heteroatoms. The van der Waals surface area contributed by atoms with Crippen molar-refractivity contribution in [2.75, 3.05) is 5.73 Å². The summed E-state index contributed by atoms with van der Waals surface area (Å²) in [6, 6.07) is 14.8. The number of hydrogen-bond acceptors (Lipinski definition) is 3. The molecule has 0 aliphatic rings. The van der Waals surface area contributed by atoms with Crippen LogP contribution in [0.4, 0.5) is 5.69 Å². The molecule has 94 valence electrons. The second-order valence-electron chi connectivity index (χ2n) is 4.10. The number of anilines is 1. The molecule has 19 heavy (non-hydrogen) atoms. The highest BCUT2D eigenvalue weighted by molar-refractivity contribution is 5.72. The van der Waals surface area contributed by atoms with Crippen LogP contribution in [0.5, 0.6) is 0 Å². The molecule has 0 aliphatic carbocycles. The van der Waals surface area contributed by atoms with Crippen molar-refractivity contribution in [1.82, 2.24) is 14.8 Å². The Kier molecular flexibility index (Phi) is 2.64. The molecule has 0 radical (unpaired) electrons. The first-order chi connectivity index (χ1) is 9.27. The number of nitrogens with zero attached hydrogens (tertiary/aromatic N) is 2. The number of nitrogens with two attached hydrogens (primary N) is 1. The quantitative estimate of drug-likeness (QED) is 0.730. The lowest BCUT2D eigenvalue weighted by atomic mass is 10.1. The Morgan fingerprint density at radius 1 is 1.05 bits per heavy atom. The fraction of sp³-hybridized carbons (Fsp3) is 0. The van der Waals surface area contributed by atoms with Crippen molar-refractivity contribution in [1.29, 1.82) is 0 Å². The van der Waals surface area contributed by atoms with E-state index in [9.17, 15) is 4.79 Å². The number of nitrogen functional groups attached to an aromatic ring is 1. The monoisotopic (exact) mass is 252 g/mol. The van der Waals surface area contributed by atoms with Crippen molar-refractivity contribution < 1.29 is 0 Å². The second-order valence-corrected chi connectivity index (χ2v) is 4.10. The molecular formula is C14H12N4O. The third kappa shape index (κ3) is 1.91. The van der Waals surface area contributed by atoms with Crippen LogP contribution in [0.1, 0.15) is 0 Å². The van der Waals surface area contributed by atoms with E-state index in [0.717, 1.165) is 5.56 Å². The number of aromatic nitrogens is 3. The molecule has 5 nitrogen and oxygen atoms in total. The van der Waals surface area contributed by atoms with Gasteiger partial charge >= 0.3 is 0 Å². The lowest BCUT2D eigenvalue weighted by molar-refractivity contribution is 0.822. The van der Waals surface area contributed by atoms with Crippen LogP contribution in [0, 0.1) is 0 Å². The summed E-state index contributed by atoms with van der Waals surface area (Å²) in [5.41, 5.74) is 7.25. The van der Waals surface area contributed by atoms with Gasteiger partial charge in [0.2, 0.25) is 0 Å². The van der Waals surface area contributed by atoms with Gasteiger partial charge in [-0.15, -0.1) is 0 Å². The summed E-state index contributed by atoms with van der Waals surface area (Å²) in [7, 11) is 0. The minimum absolute atomic E-state index is 0.192. The zero-order valence-corrected chi connectivity index (χ0v) is 10.1. The average Bonchev–Trinajstić information content (AvgIpc) is 2.77. The van der Waals surface area contributed by atoms with Gasteiger partial charge in [0.15, 0.2) is 5.82 Å². The molecular weight excluding hydrogens is 240 g/mol. The summed E-state index contributed by atoms with van der Waals surface area (Å²) in [5.74, 6) is 0.515. The van der Waals surface area contributed by atoms with Crippen LogP contribution >= 0.6 is 0 Å². The van der Waals surface area contributed by atoms with Crippen LogP contribution in [-0.2, 0) is 0 Å². The molecule has 0 fully saturated rings. The number of nitrogens with one attached hydrogen (secondary N) is 1. The van der Waals surface area contributed by atoms with Gasteiger partial charge in [-0.3, -0.25) is 9.89 Å². The Bertz CT molecular complexity index is 744. The fourth-order valence-electron chi connectivity index (χ4n) is 1.92. The van der Waals surface area contributed by atoms with Crippen molar-refractivity contribution in [2.24, 2.45) is 0 Å². The molecule has 3 rings (SSSR count). The third-order valence-electron chi connectivity index (χ3n) is 2.87. The van der Waals surface area contributed by atoms with Crippen LogP contribution in [0.3, 0.4) is 0 Å². The van der Waals surface area contributed by atoms with Crippen LogP contribution in [0.25, 0.3) is 17.1 Å². The van der Waals surface area contributed by atoms with E-state index in [2.05, 4.69) is 10.1 Å². The van der Waals surface area contributed by atoms with Crippen LogP contribution in [-0.4, -0.2) is 14.8 Å². The lowest BCUT2D eigenvalue weighted by Gasteiger charge is -2.00. The average molecular weight is 252 g/mol. The largest absolute Gasteiger partial charge is 0.392 e. The van der Waals surface area contributed by atoms with Gasteiger partial charge in [0.05, 0.1) is 5.69 Å². The maximum absolute atomic E-state index is 12.1. The number of benzene rings is 1. The van der Waals surface area contributed by atoms with E-state index in [-0.39, 0.29) is 11.2 Å². The Morgan fingerprint density at radius 2 is 1.79 bits per heavy atom. The maximum Gasteiger partial charge on any atom is 0.296 e. The molecule has 0 amide bonds. The van der Waals surface area contributed by atoms with Gasteiger partial charge in [0, 0.05) is 11.8 Å². The Balaban J connectivity index is 2.19. The first kappa shape index (κ1) is 11.3. The Labute approximate surface area is 109 Å². The maximum atomic E-state index is 12.1. The number of pyridine rings is 1. The smallest absolute Gasteiger partial charge is 0.296 e. The molecule has 0 atom stereocenters. The van der Waals surface area contributed by atoms with E-state index in [4.69, 9.17) is 5.73 Å². The molecule has 3 N–H and O–H groups in total. The van der Waals surface area contributed by atoms with E-state index >= 15 is 0 Å². The van der Waals surface area contributed by atoms with Crippen molar-refractivity contribution in [3.8, 4) is 17.1 Å². The summed E-state index contributed by atoms with van der Waals surface area (Å²) in [6.45, 7) is 0. The second kappa shape index (κ2) is 4.45. The zero-order valence-electron chi connectivity index (χ0n) is 10.1. The SMILES string of the molecule is Nc1c(-c2ccccc2)[nH]n(-c2ccccn2)c1=O. The van der Waals surface area contributed by atoms with Gasteiger partial charge in [0.25, 0.3) is 5.56 Å². The van der Waals surface area contributed by atoms with Gasteiger partial charge in [-0.2, -0.15) is 4.68 Å². The molecule has 0 saturated carbocycles. The summed E-state index contributed by atoms with van der Waals surface area (Å²) in [4.78, 5) is 16.3. The van der Waals surface area contributed by atoms with E-state index in [1.165, 1.54) is 4.68 Å². The predicted molar refractivity (Wildman–Crippen MR) is 74.0 cm³/mol. The molecule has 0 spiro atoms. The number of hydrogen-bond donors (Lipinski definition) is 2. The molecule has 0 unspecified atom stereocenters. The van der Waals surface area contributed by atoms with Crippen molar-refractivity contribution in [3.05, 3.63) is 65.1 Å². The Hall–Kier alpha value is -2.82. The van der Waals surface area contributed by atoms with E-state index in [1.54, 1.807) is 18.3 Å². The van der Waals surface area contributed by atoms with Crippen LogP contribution < -0.4 is 11.3 Å². The highest BCUT2D eigenvalue weighted by Crippen LogP contribution is 2.21. The van der Waals surface area contributed by atoms with Crippen LogP contribution in [0.2, 0.25) is 0 Å². The summed E-state index contributed by atoms with van der Waals surface area (Å²) < 4.78 is 1.34. The van der Waals surface area contributed by atoms with Crippen molar-refractivity contribution in [3.63, 3.8) is 0 Å². The highest BCUT2D eigenvalue weighted by Gasteiger charge is 2.13. The zero-order chi connectivity index (χ0) is 13.2. The minimum Gasteiger partial charge on any atom is -0.392 e. The highest BCUT2D eigenvalue weighted by atomic mass is 16.1. The van der Waals surface area contributed by atoms with Crippen LogP contribution in [0.15, 0.2) is 59.5 Å². The molecule has 0 saturated heterocycles. The molecule has 0 bridgehead atoms. The molecule has 0 aliphatic heterocycles. The standard InChI is InChI=1S/C14H12N4O/c15-12-13(10-6-2-1-3-7-10)17-18(14(12)19)11-8-4-5-9-16-11/h1-9,17H,15H2. The van der Waals surface area contributed by atoms with Gasteiger partial charge in [-0.1, -0.05) is 36.4 Å². The third-order valence-corrected chi connectivity index (χ3v) is 2.87. The molecule has 2 aromatic heterocycles. The number of H-pyrrole nitrogens is 1. The van der Waals surface area contributed by atoms with Crippen molar-refractivity contribution >= 4 is 5.69 Å². The van der Waals surface area contributed by atoms with E-state index in [0.29, 0.717) is 11.5 Å². The van der Waals surface area contributed by atoms with Gasteiger partial charge in [0.1, 0.15) is 5.69 Å². The van der Waals surface area contributed by atoms with Gasteiger partial charge in [-0.25, -0.2) is 4.98 Å². The van der Waals surface area contributed by atoms with Gasteiger partial charge in [-0.05, 0) is 12.1 Å². The van der Waals surface area contributed by atoms with E-state index < -0.39 is 0 Å². The summed E-state index contributed by atoms with van der Waals surface area (Å²) >= 11 is 0. The van der Waals surface area contributed by atoms with E-state index in [1.807, 2.05) is 36.4 Å². The predicted octanol–water partition coefficient (Wildman–Crippen LogP) is 1.81. The normalized spacial score (nSPS) is 10.5. The molecule has 3 aromatic rings. The number of aromatic amines is 1. The Morgan fingerprint density at radius 3 is 2.47 bits per heavy atom. The summed E-state index contributed by atoms with van der Waals surface area (Å²) in [5, 5.41) is 3.00. The fourth-order valence-corrected chi connectivity index (χ4v) is 1.92. The molecule has 2 heterocycles. The van der Waals surface area contributed by atoms with Gasteiger partial charge < -0.3 is 5.73 Å². The first-order valence-electron chi connectivity index (χ1n) is 5.84. The first-order valence-corrected chi connectivity index (χ1v) is 5.84. The lowest BCUT2D eigenvalue weighted by Crippen LogP contribution is -2.17. The topological polar surface area (TPSA) is 76.7 Å². The minimum atomic E-state index is -0.294. The number of rotatable bonds is 2.